The monoisotopic (exact) mass is 187 g/mol. The topological polar surface area (TPSA) is 29.5 Å². The van der Waals surface area contributed by atoms with Gasteiger partial charge in [0.05, 0.1) is 0 Å². The van der Waals surface area contributed by atoms with Crippen molar-refractivity contribution in [1.29, 1.82) is 0 Å². The zero-order valence-electron chi connectivity index (χ0n) is 9.67. The van der Waals surface area contributed by atoms with Gasteiger partial charge < -0.3 is 9.64 Å². The van der Waals surface area contributed by atoms with E-state index in [9.17, 15) is 4.79 Å². The van der Waals surface area contributed by atoms with Crippen LogP contribution in [0.3, 0.4) is 0 Å². The lowest BCUT2D eigenvalue weighted by Gasteiger charge is -2.24. The molecule has 0 N–H and O–H groups in total. The molecule has 1 saturated heterocycles. The van der Waals surface area contributed by atoms with Crippen molar-refractivity contribution in [2.75, 3.05) is 13.1 Å². The molecular formula is C10H19NO2. The molecule has 76 valence electrons. The van der Waals surface area contributed by atoms with Gasteiger partial charge in [-0.25, -0.2) is 4.79 Å². The average Bonchev–Trinajstić information content (AvgIpc) is 2.48. The van der Waals surface area contributed by atoms with E-state index in [2.05, 4.69) is 0 Å². The maximum atomic E-state index is 11.6. The number of amides is 1. The molecule has 0 bridgehead atoms. The van der Waals surface area contributed by atoms with Crippen LogP contribution in [0.1, 0.15) is 35.5 Å². The summed E-state index contributed by atoms with van der Waals surface area (Å²) >= 11 is 0. The van der Waals surface area contributed by atoms with Crippen LogP contribution in [0.4, 0.5) is 4.79 Å². The molecule has 0 spiro atoms. The zero-order valence-corrected chi connectivity index (χ0v) is 8.67. The van der Waals surface area contributed by atoms with Gasteiger partial charge in [-0.15, -0.1) is 0 Å². The number of nitrogens with zero attached hydrogens (tertiary/aromatic N) is 1. The third-order valence-electron chi connectivity index (χ3n) is 1.94. The van der Waals surface area contributed by atoms with Gasteiger partial charge in [-0.1, -0.05) is 6.90 Å². The Morgan fingerprint density at radius 3 is 2.77 bits per heavy atom. The Kier molecular flexibility index (Phi) is 2.42. The molecule has 3 heteroatoms. The van der Waals surface area contributed by atoms with Crippen LogP contribution in [0, 0.1) is 5.92 Å². The van der Waals surface area contributed by atoms with Gasteiger partial charge in [-0.2, -0.15) is 0 Å². The van der Waals surface area contributed by atoms with E-state index in [1.165, 1.54) is 0 Å². The highest BCUT2D eigenvalue weighted by atomic mass is 16.6. The minimum Gasteiger partial charge on any atom is -0.444 e. The molecular weight excluding hydrogens is 166 g/mol. The van der Waals surface area contributed by atoms with Gasteiger partial charge in [0.2, 0.25) is 0 Å². The van der Waals surface area contributed by atoms with Crippen molar-refractivity contribution in [2.24, 2.45) is 5.92 Å². The summed E-state index contributed by atoms with van der Waals surface area (Å²) in [6.07, 6.45) is 0.691. The molecule has 1 aliphatic rings. The van der Waals surface area contributed by atoms with Crippen molar-refractivity contribution < 1.29 is 10.9 Å². The van der Waals surface area contributed by atoms with Crippen LogP contribution in [-0.4, -0.2) is 29.7 Å². The molecule has 0 aromatic carbocycles. The van der Waals surface area contributed by atoms with Crippen LogP contribution < -0.4 is 0 Å². The summed E-state index contributed by atoms with van der Waals surface area (Å²) in [5.41, 5.74) is -0.421. The summed E-state index contributed by atoms with van der Waals surface area (Å²) in [7, 11) is 0. The molecule has 0 aliphatic carbocycles. The highest BCUT2D eigenvalue weighted by molar-refractivity contribution is 5.68. The number of ether oxygens (including phenoxy) is 1. The Morgan fingerprint density at radius 1 is 1.62 bits per heavy atom. The van der Waals surface area contributed by atoms with E-state index in [4.69, 9.17) is 6.11 Å². The van der Waals surface area contributed by atoms with Gasteiger partial charge >= 0.3 is 6.09 Å². The molecule has 1 amide bonds. The van der Waals surface area contributed by atoms with Crippen LogP contribution in [0.15, 0.2) is 0 Å². The third-order valence-corrected chi connectivity index (χ3v) is 1.94. The van der Waals surface area contributed by atoms with Gasteiger partial charge in [-0.3, -0.25) is 0 Å². The molecule has 1 atom stereocenters. The highest BCUT2D eigenvalue weighted by Gasteiger charge is 2.27. The van der Waals surface area contributed by atoms with Crippen molar-refractivity contribution in [3.63, 3.8) is 0 Å². The molecule has 1 fully saturated rings. The van der Waals surface area contributed by atoms with Gasteiger partial charge in [0.25, 0.3) is 0 Å². The second kappa shape index (κ2) is 3.56. The fraction of sp³-hybridized carbons (Fsp3) is 0.900. The standard InChI is InChI=1S/C10H19NO2/c1-8-5-6-11(7-8)9(12)13-10(2,3)4/h8H,5-7H2,1-4H3/t8-/m0/s1/i1T. The number of likely N-dealkylation sites (tertiary alicyclic amines) is 1. The van der Waals surface area contributed by atoms with Crippen LogP contribution in [-0.2, 0) is 4.74 Å². The van der Waals surface area contributed by atoms with Crippen LogP contribution in [0.25, 0.3) is 0 Å². The van der Waals surface area contributed by atoms with Gasteiger partial charge in [0.1, 0.15) is 5.60 Å². The molecule has 0 radical (unpaired) electrons. The molecule has 13 heavy (non-hydrogen) atoms. The summed E-state index contributed by atoms with van der Waals surface area (Å²) in [5.74, 6) is 0.336. The second-order valence-corrected chi connectivity index (χ2v) is 4.58. The number of carbonyl (C=O) groups is 1. The maximum absolute atomic E-state index is 11.6. The smallest absolute Gasteiger partial charge is 0.410 e. The molecule has 1 heterocycles. The van der Waals surface area contributed by atoms with Crippen LogP contribution in [0.2, 0.25) is 0 Å². The lowest BCUT2D eigenvalue weighted by molar-refractivity contribution is 0.0289. The average molecular weight is 187 g/mol. The highest BCUT2D eigenvalue weighted by Crippen LogP contribution is 2.18. The van der Waals surface area contributed by atoms with E-state index in [1.54, 1.807) is 4.90 Å². The molecule has 0 saturated carbocycles. The fourth-order valence-electron chi connectivity index (χ4n) is 1.32. The number of hydrogen-bond acceptors (Lipinski definition) is 2. The fourth-order valence-corrected chi connectivity index (χ4v) is 1.32. The second-order valence-electron chi connectivity index (χ2n) is 4.58. The summed E-state index contributed by atoms with van der Waals surface area (Å²) in [4.78, 5) is 13.3. The van der Waals surface area contributed by atoms with Crippen molar-refractivity contribution in [3.8, 4) is 0 Å². The zero-order chi connectivity index (χ0) is 10.8. The van der Waals surface area contributed by atoms with Crippen LogP contribution in [0.5, 0.6) is 0 Å². The quantitative estimate of drug-likeness (QED) is 0.582. The number of hydrogen-bond donors (Lipinski definition) is 0. The van der Waals surface area contributed by atoms with Gasteiger partial charge in [0.15, 0.2) is 0 Å². The normalized spacial score (nSPS) is 24.4. The molecule has 0 aromatic rings. The summed E-state index contributed by atoms with van der Waals surface area (Å²) in [5, 5.41) is 0. The summed E-state index contributed by atoms with van der Waals surface area (Å²) in [6.45, 7) is 7.41. The van der Waals surface area contributed by atoms with Crippen molar-refractivity contribution in [1.82, 2.24) is 4.90 Å². The molecule has 1 rings (SSSR count). The first-order chi connectivity index (χ1) is 6.42. The first-order valence-electron chi connectivity index (χ1n) is 5.40. The summed E-state index contributed by atoms with van der Waals surface area (Å²) < 4.78 is 12.5. The number of rotatable bonds is 0. The maximum Gasteiger partial charge on any atom is 0.410 e. The first-order valence-corrected chi connectivity index (χ1v) is 4.69. The largest absolute Gasteiger partial charge is 0.444 e. The SMILES string of the molecule is [3H]C[C@H]1CCN(C(=O)OC(C)(C)C)C1. The third kappa shape index (κ3) is 3.25. The minimum absolute atomic E-state index is 0.242. The lowest BCUT2D eigenvalue weighted by atomic mass is 10.2. The van der Waals surface area contributed by atoms with Crippen molar-refractivity contribution >= 4 is 6.09 Å². The predicted molar refractivity (Wildman–Crippen MR) is 51.6 cm³/mol. The molecule has 3 nitrogen and oxygen atoms in total. The van der Waals surface area contributed by atoms with Crippen molar-refractivity contribution in [2.45, 2.75) is 39.7 Å². The Bertz CT molecular complexity index is 213. The van der Waals surface area contributed by atoms with E-state index in [1.807, 2.05) is 20.8 Å². The van der Waals surface area contributed by atoms with Crippen LogP contribution >= 0.6 is 0 Å². The van der Waals surface area contributed by atoms with E-state index >= 15 is 0 Å². The van der Waals surface area contributed by atoms with Gasteiger partial charge in [-0.05, 0) is 33.1 Å². The van der Waals surface area contributed by atoms with E-state index < -0.39 is 5.60 Å². The van der Waals surface area contributed by atoms with E-state index in [0.717, 1.165) is 13.0 Å². The Balaban J connectivity index is 2.40. The number of carbonyl (C=O) groups excluding carboxylic acids is 1. The predicted octanol–water partition coefficient (Wildman–Crippen LogP) is 2.26. The van der Waals surface area contributed by atoms with E-state index in [0.29, 0.717) is 19.4 Å². The Morgan fingerprint density at radius 2 is 2.31 bits per heavy atom. The first kappa shape index (κ1) is 8.85. The Labute approximate surface area is 81.5 Å². The molecule has 1 aliphatic heterocycles. The molecule has 0 unspecified atom stereocenters. The summed E-state index contributed by atoms with van der Waals surface area (Å²) in [6, 6.07) is 0. The van der Waals surface area contributed by atoms with Gasteiger partial charge in [0, 0.05) is 14.5 Å². The molecule has 0 aromatic heterocycles. The van der Waals surface area contributed by atoms with Crippen molar-refractivity contribution in [3.05, 3.63) is 0 Å². The van der Waals surface area contributed by atoms with E-state index in [-0.39, 0.29) is 6.09 Å². The minimum atomic E-state index is -0.421. The lowest BCUT2D eigenvalue weighted by Crippen LogP contribution is -2.35. The Hall–Kier alpha value is -0.730.